The van der Waals surface area contributed by atoms with Gasteiger partial charge in [-0.15, -0.1) is 5.10 Å². The van der Waals surface area contributed by atoms with Crippen LogP contribution in [0.4, 0.5) is 0 Å². The number of carboxylic acid groups (broad SMARTS) is 1. The van der Waals surface area contributed by atoms with E-state index in [1.807, 2.05) is 13.8 Å². The van der Waals surface area contributed by atoms with Gasteiger partial charge in [-0.25, -0.2) is 14.8 Å². The molecule has 0 unspecified atom stereocenters. The predicted molar refractivity (Wildman–Crippen MR) is 65.3 cm³/mol. The van der Waals surface area contributed by atoms with Crippen molar-refractivity contribution in [2.45, 2.75) is 13.8 Å². The molecule has 18 heavy (non-hydrogen) atoms. The van der Waals surface area contributed by atoms with Crippen molar-refractivity contribution in [3.05, 3.63) is 41.6 Å². The molecule has 0 radical (unpaired) electrons. The molecule has 0 fully saturated rings. The van der Waals surface area contributed by atoms with Crippen LogP contribution in [-0.2, 0) is 4.79 Å². The molecule has 2 rings (SSSR count). The monoisotopic (exact) mass is 244 g/mol. The number of hydrogen-bond donors (Lipinski definition) is 1. The highest BCUT2D eigenvalue weighted by molar-refractivity contribution is 5.85. The second-order valence-electron chi connectivity index (χ2n) is 3.74. The molecule has 1 N–H and O–H groups in total. The third kappa shape index (κ3) is 2.60. The lowest BCUT2D eigenvalue weighted by Gasteiger charge is -2.01. The van der Waals surface area contributed by atoms with Gasteiger partial charge in [-0.3, -0.25) is 0 Å². The first kappa shape index (κ1) is 12.0. The van der Waals surface area contributed by atoms with Gasteiger partial charge in [0.1, 0.15) is 11.6 Å². The van der Waals surface area contributed by atoms with Crippen LogP contribution in [0.25, 0.3) is 11.9 Å². The summed E-state index contributed by atoms with van der Waals surface area (Å²) in [5.74, 6) is 1.11. The van der Waals surface area contributed by atoms with Crippen molar-refractivity contribution in [1.82, 2.24) is 19.7 Å². The molecule has 0 saturated heterocycles. The maximum atomic E-state index is 10.4. The number of hydrogen-bond acceptors (Lipinski definition) is 4. The molecule has 0 aliphatic rings. The first-order chi connectivity index (χ1) is 8.56. The van der Waals surface area contributed by atoms with E-state index in [0.29, 0.717) is 11.6 Å². The van der Waals surface area contributed by atoms with Crippen LogP contribution in [-0.4, -0.2) is 30.8 Å². The lowest BCUT2D eigenvalue weighted by Crippen LogP contribution is -2.01. The van der Waals surface area contributed by atoms with Crippen LogP contribution in [0.5, 0.6) is 0 Å². The van der Waals surface area contributed by atoms with Crippen LogP contribution in [0.2, 0.25) is 0 Å². The highest BCUT2D eigenvalue weighted by atomic mass is 16.4. The molecule has 2 heterocycles. The van der Waals surface area contributed by atoms with Gasteiger partial charge >= 0.3 is 5.97 Å². The predicted octanol–water partition coefficient (Wildman–Crippen LogP) is 1.38. The maximum absolute atomic E-state index is 10.4. The minimum atomic E-state index is -0.984. The van der Waals surface area contributed by atoms with Crippen molar-refractivity contribution in [3.8, 4) is 5.82 Å². The van der Waals surface area contributed by atoms with Gasteiger partial charge in [-0.2, -0.15) is 4.68 Å². The summed E-state index contributed by atoms with van der Waals surface area (Å²) in [4.78, 5) is 18.8. The second kappa shape index (κ2) is 4.79. The molecule has 6 nitrogen and oxygen atoms in total. The van der Waals surface area contributed by atoms with E-state index in [1.54, 1.807) is 23.0 Å². The Morgan fingerprint density at radius 2 is 2.17 bits per heavy atom. The summed E-state index contributed by atoms with van der Waals surface area (Å²) < 4.78 is 1.64. The number of aromatic nitrogens is 4. The van der Waals surface area contributed by atoms with Gasteiger partial charge in [0.05, 0.1) is 0 Å². The average Bonchev–Trinajstić information content (AvgIpc) is 2.66. The summed E-state index contributed by atoms with van der Waals surface area (Å²) in [5.41, 5.74) is 0.718. The summed E-state index contributed by atoms with van der Waals surface area (Å²) in [5, 5.41) is 12.7. The van der Waals surface area contributed by atoms with Crippen molar-refractivity contribution in [2.75, 3.05) is 0 Å². The molecule has 2 aromatic rings. The summed E-state index contributed by atoms with van der Waals surface area (Å²) in [6.45, 7) is 3.66. The lowest BCUT2D eigenvalue weighted by molar-refractivity contribution is -0.131. The lowest BCUT2D eigenvalue weighted by atomic mass is 10.2. The highest BCUT2D eigenvalue weighted by Gasteiger charge is 2.05. The van der Waals surface area contributed by atoms with E-state index in [2.05, 4.69) is 15.1 Å². The summed E-state index contributed by atoms with van der Waals surface area (Å²) in [6, 6.07) is 3.54. The molecule has 0 aliphatic carbocycles. The molecule has 0 bridgehead atoms. The van der Waals surface area contributed by atoms with Gasteiger partial charge in [0.25, 0.3) is 0 Å². The third-order valence-corrected chi connectivity index (χ3v) is 2.28. The van der Waals surface area contributed by atoms with E-state index in [0.717, 1.165) is 17.5 Å². The van der Waals surface area contributed by atoms with Crippen LogP contribution in [0, 0.1) is 13.8 Å². The number of rotatable bonds is 3. The number of aryl methyl sites for hydroxylation is 2. The van der Waals surface area contributed by atoms with Crippen LogP contribution in [0.15, 0.2) is 24.4 Å². The third-order valence-electron chi connectivity index (χ3n) is 2.28. The molecule has 0 aromatic carbocycles. The Bertz CT molecular complexity index is 599. The van der Waals surface area contributed by atoms with Crippen molar-refractivity contribution < 1.29 is 9.90 Å². The minimum absolute atomic E-state index is 0.653. The minimum Gasteiger partial charge on any atom is -0.478 e. The van der Waals surface area contributed by atoms with E-state index in [9.17, 15) is 4.79 Å². The molecule has 92 valence electrons. The first-order valence-electron chi connectivity index (χ1n) is 5.34. The van der Waals surface area contributed by atoms with Crippen LogP contribution < -0.4 is 0 Å². The van der Waals surface area contributed by atoms with E-state index >= 15 is 0 Å². The van der Waals surface area contributed by atoms with Gasteiger partial charge < -0.3 is 5.11 Å². The van der Waals surface area contributed by atoms with Crippen molar-refractivity contribution >= 4 is 12.0 Å². The Balaban J connectivity index is 2.27. The molecular formula is C12H12N4O2. The van der Waals surface area contributed by atoms with Crippen molar-refractivity contribution in [3.63, 3.8) is 0 Å². The Morgan fingerprint density at radius 1 is 1.39 bits per heavy atom. The Labute approximate surface area is 104 Å². The van der Waals surface area contributed by atoms with E-state index < -0.39 is 5.97 Å². The van der Waals surface area contributed by atoms with Gasteiger partial charge in [0.2, 0.25) is 0 Å². The molecule has 6 heteroatoms. The molecule has 0 spiro atoms. The molecule has 2 aromatic heterocycles. The summed E-state index contributed by atoms with van der Waals surface area (Å²) in [6.07, 6.45) is 4.14. The number of aliphatic carboxylic acids is 1. The number of nitrogens with zero attached hydrogens (tertiary/aromatic N) is 4. The molecule has 0 amide bonds. The van der Waals surface area contributed by atoms with Crippen molar-refractivity contribution in [1.29, 1.82) is 0 Å². The van der Waals surface area contributed by atoms with Gasteiger partial charge in [-0.1, -0.05) is 0 Å². The summed E-state index contributed by atoms with van der Waals surface area (Å²) >= 11 is 0. The zero-order valence-electron chi connectivity index (χ0n) is 10.0. The number of carbonyl (C=O) groups is 1. The van der Waals surface area contributed by atoms with E-state index in [-0.39, 0.29) is 0 Å². The van der Waals surface area contributed by atoms with Crippen LogP contribution in [0.3, 0.4) is 0 Å². The van der Waals surface area contributed by atoms with Gasteiger partial charge in [-0.05, 0) is 37.6 Å². The van der Waals surface area contributed by atoms with E-state index in [1.165, 1.54) is 6.08 Å². The molecular weight excluding hydrogens is 232 g/mol. The molecule has 0 atom stereocenters. The average molecular weight is 244 g/mol. The Hall–Kier alpha value is -2.50. The Morgan fingerprint density at radius 3 is 2.67 bits per heavy atom. The topological polar surface area (TPSA) is 80.9 Å². The molecule has 0 aliphatic heterocycles. The molecule has 0 saturated carbocycles. The van der Waals surface area contributed by atoms with Gasteiger partial charge in [0.15, 0.2) is 5.82 Å². The summed E-state index contributed by atoms with van der Waals surface area (Å²) in [7, 11) is 0. The quantitative estimate of drug-likeness (QED) is 0.825. The normalized spacial score (nSPS) is 11.0. The number of carboxylic acids is 1. The van der Waals surface area contributed by atoms with Crippen LogP contribution in [0.1, 0.15) is 17.2 Å². The fourth-order valence-corrected chi connectivity index (χ4v) is 1.53. The number of pyridine rings is 1. The second-order valence-corrected chi connectivity index (χ2v) is 3.74. The van der Waals surface area contributed by atoms with Crippen molar-refractivity contribution in [2.24, 2.45) is 0 Å². The van der Waals surface area contributed by atoms with Crippen LogP contribution >= 0.6 is 0 Å². The zero-order chi connectivity index (χ0) is 13.1. The smallest absolute Gasteiger partial charge is 0.328 e. The standard InChI is InChI=1S/C12H12N4O2/c1-8-14-9(2)16(15-8)11-5-3-10(7-13-11)4-6-12(17)18/h3-7H,1-2H3,(H,17,18)/b6-4+. The SMILES string of the molecule is Cc1nc(C)n(-c2ccc(/C=C/C(=O)O)cn2)n1. The fraction of sp³-hybridized carbons (Fsp3) is 0.167. The van der Waals surface area contributed by atoms with Gasteiger partial charge in [0, 0.05) is 12.3 Å². The zero-order valence-corrected chi connectivity index (χ0v) is 10.0. The first-order valence-corrected chi connectivity index (χ1v) is 5.34. The highest BCUT2D eigenvalue weighted by Crippen LogP contribution is 2.08. The fourth-order valence-electron chi connectivity index (χ4n) is 1.53. The Kier molecular flexibility index (Phi) is 3.18. The maximum Gasteiger partial charge on any atom is 0.328 e. The largest absolute Gasteiger partial charge is 0.478 e. The van der Waals surface area contributed by atoms with E-state index in [4.69, 9.17) is 5.11 Å².